The normalized spacial score (nSPS) is 31.2. The molecule has 3 aliphatic heterocycles. The van der Waals surface area contributed by atoms with E-state index < -0.39 is 0 Å². The second-order valence-electron chi connectivity index (χ2n) is 7.09. The number of fused-ring (bicyclic) bond motifs is 1. The van der Waals surface area contributed by atoms with Crippen molar-refractivity contribution in [2.24, 2.45) is 5.92 Å². The Bertz CT molecular complexity index is 584. The molecule has 1 aromatic heterocycles. The number of hydroxylamine groups is 2. The molecule has 4 heterocycles. The van der Waals surface area contributed by atoms with E-state index in [1.165, 1.54) is 5.06 Å². The minimum atomic E-state index is -0.340. The van der Waals surface area contributed by atoms with Gasteiger partial charge < -0.3 is 9.26 Å². The van der Waals surface area contributed by atoms with Crippen LogP contribution in [0.3, 0.4) is 0 Å². The van der Waals surface area contributed by atoms with Crippen LogP contribution in [0.1, 0.15) is 37.1 Å². The summed E-state index contributed by atoms with van der Waals surface area (Å²) in [6.07, 6.45) is 3.71. The standard InChI is InChI=1S/C17H25N3O4/c1-12-8-14(18-24-12)10-19-6-4-13-9-15(23-16(13)11-19)17(21)20-5-2-3-7-22-20/h8,13,15-16H,2-7,9-11H2,1H3/t13-,15-,16+/m1/s1. The number of aryl methyl sites for hydroxylation is 1. The van der Waals surface area contributed by atoms with E-state index in [0.717, 1.165) is 56.8 Å². The van der Waals surface area contributed by atoms with Crippen molar-refractivity contribution >= 4 is 5.91 Å². The fourth-order valence-electron chi connectivity index (χ4n) is 3.95. The first-order chi connectivity index (χ1) is 11.7. The predicted octanol–water partition coefficient (Wildman–Crippen LogP) is 1.52. The van der Waals surface area contributed by atoms with E-state index in [0.29, 0.717) is 19.1 Å². The maximum atomic E-state index is 12.6. The summed E-state index contributed by atoms with van der Waals surface area (Å²) >= 11 is 0. The third kappa shape index (κ3) is 3.34. The molecule has 3 atom stereocenters. The SMILES string of the molecule is Cc1cc(CN2CC[C@@H]3C[C@H](C(=O)N4CCCCO4)O[C@H]3C2)no1. The fraction of sp³-hybridized carbons (Fsp3) is 0.765. The molecule has 0 spiro atoms. The molecule has 132 valence electrons. The van der Waals surface area contributed by atoms with Crippen LogP contribution in [0.2, 0.25) is 0 Å². The number of ether oxygens (including phenoxy) is 1. The van der Waals surface area contributed by atoms with E-state index in [1.807, 2.05) is 13.0 Å². The highest BCUT2D eigenvalue weighted by atomic mass is 16.7. The molecule has 7 nitrogen and oxygen atoms in total. The average molecular weight is 335 g/mol. The van der Waals surface area contributed by atoms with E-state index in [9.17, 15) is 4.79 Å². The van der Waals surface area contributed by atoms with Crippen molar-refractivity contribution < 1.29 is 18.9 Å². The maximum Gasteiger partial charge on any atom is 0.275 e. The largest absolute Gasteiger partial charge is 0.363 e. The van der Waals surface area contributed by atoms with Gasteiger partial charge in [-0.1, -0.05) is 5.16 Å². The first-order valence-electron chi connectivity index (χ1n) is 8.93. The summed E-state index contributed by atoms with van der Waals surface area (Å²) in [7, 11) is 0. The van der Waals surface area contributed by atoms with Crippen LogP contribution in [0.5, 0.6) is 0 Å². The van der Waals surface area contributed by atoms with Gasteiger partial charge in [-0.2, -0.15) is 0 Å². The van der Waals surface area contributed by atoms with Crippen molar-refractivity contribution in [1.82, 2.24) is 15.1 Å². The molecule has 0 bridgehead atoms. The van der Waals surface area contributed by atoms with Gasteiger partial charge in [0.05, 0.1) is 18.4 Å². The van der Waals surface area contributed by atoms with E-state index in [-0.39, 0.29) is 18.1 Å². The average Bonchev–Trinajstić information content (AvgIpc) is 3.20. The molecule has 0 unspecified atom stereocenters. The van der Waals surface area contributed by atoms with Crippen LogP contribution in [0.4, 0.5) is 0 Å². The summed E-state index contributed by atoms with van der Waals surface area (Å²) in [6.45, 7) is 5.86. The third-order valence-corrected chi connectivity index (χ3v) is 5.22. The van der Waals surface area contributed by atoms with E-state index in [2.05, 4.69) is 10.1 Å². The van der Waals surface area contributed by atoms with Crippen molar-refractivity contribution in [1.29, 1.82) is 0 Å². The fourth-order valence-corrected chi connectivity index (χ4v) is 3.95. The summed E-state index contributed by atoms with van der Waals surface area (Å²) in [4.78, 5) is 20.4. The Morgan fingerprint density at radius 2 is 2.29 bits per heavy atom. The number of rotatable bonds is 3. The molecule has 7 heteroatoms. The van der Waals surface area contributed by atoms with Gasteiger partial charge in [-0.3, -0.25) is 14.5 Å². The van der Waals surface area contributed by atoms with Crippen molar-refractivity contribution in [3.8, 4) is 0 Å². The summed E-state index contributed by atoms with van der Waals surface area (Å²) < 4.78 is 11.2. The van der Waals surface area contributed by atoms with E-state index in [4.69, 9.17) is 14.1 Å². The van der Waals surface area contributed by atoms with Crippen LogP contribution in [-0.2, 0) is 20.9 Å². The molecule has 0 saturated carbocycles. The molecule has 0 radical (unpaired) electrons. The second-order valence-corrected chi connectivity index (χ2v) is 7.09. The number of likely N-dealkylation sites (tertiary alicyclic amines) is 1. The van der Waals surface area contributed by atoms with Crippen LogP contribution >= 0.6 is 0 Å². The molecule has 4 rings (SSSR count). The number of hydrogen-bond donors (Lipinski definition) is 0. The molecule has 1 amide bonds. The van der Waals surface area contributed by atoms with Crippen LogP contribution in [-0.4, -0.2) is 59.5 Å². The maximum absolute atomic E-state index is 12.6. The first kappa shape index (κ1) is 16.1. The van der Waals surface area contributed by atoms with Crippen molar-refractivity contribution in [2.75, 3.05) is 26.2 Å². The molecule has 3 aliphatic rings. The summed E-state index contributed by atoms with van der Waals surface area (Å²) in [5, 5.41) is 5.58. The van der Waals surface area contributed by atoms with Crippen molar-refractivity contribution in [3.05, 3.63) is 17.5 Å². The van der Waals surface area contributed by atoms with Crippen LogP contribution in [0, 0.1) is 12.8 Å². The molecule has 24 heavy (non-hydrogen) atoms. The highest BCUT2D eigenvalue weighted by molar-refractivity contribution is 5.80. The van der Waals surface area contributed by atoms with Gasteiger partial charge in [-0.25, -0.2) is 5.06 Å². The lowest BCUT2D eigenvalue weighted by Gasteiger charge is -2.33. The molecule has 3 saturated heterocycles. The van der Waals surface area contributed by atoms with Crippen molar-refractivity contribution in [3.63, 3.8) is 0 Å². The van der Waals surface area contributed by atoms with Gasteiger partial charge >= 0.3 is 0 Å². The number of hydrogen-bond acceptors (Lipinski definition) is 6. The Hall–Kier alpha value is -1.44. The number of carbonyl (C=O) groups excluding carboxylic acids is 1. The zero-order valence-electron chi connectivity index (χ0n) is 14.1. The van der Waals surface area contributed by atoms with Crippen molar-refractivity contribution in [2.45, 2.75) is 51.4 Å². The third-order valence-electron chi connectivity index (χ3n) is 5.22. The lowest BCUT2D eigenvalue weighted by molar-refractivity contribution is -0.206. The summed E-state index contributed by atoms with van der Waals surface area (Å²) in [5.74, 6) is 1.31. The molecule has 3 fully saturated rings. The lowest BCUT2D eigenvalue weighted by atomic mass is 9.91. The van der Waals surface area contributed by atoms with Gasteiger partial charge in [-0.05, 0) is 45.1 Å². The van der Waals surface area contributed by atoms with Gasteiger partial charge in [0.2, 0.25) is 0 Å². The lowest BCUT2D eigenvalue weighted by Crippen LogP contribution is -2.43. The smallest absolute Gasteiger partial charge is 0.275 e. The Morgan fingerprint density at radius 1 is 1.38 bits per heavy atom. The number of carbonyl (C=O) groups is 1. The van der Waals surface area contributed by atoms with Gasteiger partial charge in [0, 0.05) is 25.7 Å². The molecule has 0 aliphatic carbocycles. The molecule has 0 N–H and O–H groups in total. The highest BCUT2D eigenvalue weighted by Crippen LogP contribution is 2.34. The highest BCUT2D eigenvalue weighted by Gasteiger charge is 2.43. The Morgan fingerprint density at radius 3 is 3.04 bits per heavy atom. The van der Waals surface area contributed by atoms with Crippen LogP contribution in [0.25, 0.3) is 0 Å². The quantitative estimate of drug-likeness (QED) is 0.834. The number of nitrogens with zero attached hydrogens (tertiary/aromatic N) is 3. The van der Waals surface area contributed by atoms with Crippen LogP contribution in [0.15, 0.2) is 10.6 Å². The molecular formula is C17H25N3O4. The number of piperidine rings is 1. The summed E-state index contributed by atoms with van der Waals surface area (Å²) in [6, 6.07) is 1.97. The topological polar surface area (TPSA) is 68.0 Å². The molecule has 1 aromatic rings. The van der Waals surface area contributed by atoms with E-state index >= 15 is 0 Å². The first-order valence-corrected chi connectivity index (χ1v) is 8.93. The Labute approximate surface area is 141 Å². The molecular weight excluding hydrogens is 310 g/mol. The number of amides is 1. The minimum Gasteiger partial charge on any atom is -0.363 e. The van der Waals surface area contributed by atoms with E-state index in [1.54, 1.807) is 0 Å². The van der Waals surface area contributed by atoms with Gasteiger partial charge in [-0.15, -0.1) is 0 Å². The molecule has 0 aromatic carbocycles. The second kappa shape index (κ2) is 6.82. The Kier molecular flexibility index (Phi) is 4.56. The minimum absolute atomic E-state index is 0.00257. The number of aromatic nitrogens is 1. The zero-order chi connectivity index (χ0) is 16.5. The monoisotopic (exact) mass is 335 g/mol. The van der Waals surface area contributed by atoms with Gasteiger partial charge in [0.1, 0.15) is 11.9 Å². The van der Waals surface area contributed by atoms with Gasteiger partial charge in [0.15, 0.2) is 0 Å². The summed E-state index contributed by atoms with van der Waals surface area (Å²) in [5.41, 5.74) is 0.957. The Balaban J connectivity index is 1.32. The predicted molar refractivity (Wildman–Crippen MR) is 84.8 cm³/mol. The zero-order valence-corrected chi connectivity index (χ0v) is 14.1. The van der Waals surface area contributed by atoms with Crippen LogP contribution < -0.4 is 0 Å². The van der Waals surface area contributed by atoms with Gasteiger partial charge in [0.25, 0.3) is 5.91 Å².